The van der Waals surface area contributed by atoms with Crippen LogP contribution in [-0.4, -0.2) is 27.3 Å². The molecule has 0 atom stereocenters. The first-order valence-corrected chi connectivity index (χ1v) is 8.67. The lowest BCUT2D eigenvalue weighted by molar-refractivity contribution is -0.132. The van der Waals surface area contributed by atoms with Crippen molar-refractivity contribution < 1.29 is 9.18 Å². The van der Waals surface area contributed by atoms with E-state index in [1.165, 1.54) is 12.1 Å². The summed E-state index contributed by atoms with van der Waals surface area (Å²) in [6, 6.07) is 8.56. The van der Waals surface area contributed by atoms with E-state index in [0.29, 0.717) is 13.1 Å². The molecule has 25 heavy (non-hydrogen) atoms. The minimum Gasteiger partial charge on any atom is -0.360 e. The quantitative estimate of drug-likeness (QED) is 0.761. The maximum Gasteiger partial charge on any atom is 0.225 e. The smallest absolute Gasteiger partial charge is 0.225 e. The third-order valence-electron chi connectivity index (χ3n) is 4.77. The number of amides is 1. The van der Waals surface area contributed by atoms with Crippen LogP contribution in [0.5, 0.6) is 0 Å². The molecule has 0 spiro atoms. The molecule has 1 amide bonds. The van der Waals surface area contributed by atoms with Crippen molar-refractivity contribution in [3.05, 3.63) is 54.1 Å². The predicted octanol–water partition coefficient (Wildman–Crippen LogP) is 4.13. The lowest BCUT2D eigenvalue weighted by Crippen LogP contribution is -2.31. The van der Waals surface area contributed by atoms with Crippen LogP contribution in [-0.2, 0) is 11.3 Å². The number of fused-ring (bicyclic) bond motifs is 1. The largest absolute Gasteiger partial charge is 0.360 e. The summed E-state index contributed by atoms with van der Waals surface area (Å²) >= 11 is 0. The molecule has 4 nitrogen and oxygen atoms in total. The molecule has 0 saturated heterocycles. The molecule has 5 heteroatoms. The number of carbonyl (C=O) groups excluding carboxylic acids is 1. The fourth-order valence-electron chi connectivity index (χ4n) is 3.24. The number of carbonyl (C=O) groups is 1. The number of H-pyrrole nitrogens is 1. The summed E-state index contributed by atoms with van der Waals surface area (Å²) in [4.78, 5) is 22.0. The summed E-state index contributed by atoms with van der Waals surface area (Å²) in [5.41, 5.74) is 3.50. The zero-order chi connectivity index (χ0) is 17.4. The predicted molar refractivity (Wildman–Crippen MR) is 95.3 cm³/mol. The van der Waals surface area contributed by atoms with Crippen LogP contribution in [0.25, 0.3) is 22.2 Å². The van der Waals surface area contributed by atoms with E-state index < -0.39 is 0 Å². The molecule has 4 rings (SSSR count). The number of nitrogens with zero attached hydrogens (tertiary/aromatic N) is 2. The molecule has 0 radical (unpaired) electrons. The summed E-state index contributed by atoms with van der Waals surface area (Å²) in [7, 11) is 0. The van der Waals surface area contributed by atoms with E-state index in [1.807, 2.05) is 30.2 Å². The van der Waals surface area contributed by atoms with Crippen molar-refractivity contribution in [2.75, 3.05) is 6.54 Å². The number of hydrogen-bond acceptors (Lipinski definition) is 2. The molecular weight excluding hydrogens is 317 g/mol. The molecule has 0 aliphatic heterocycles. The van der Waals surface area contributed by atoms with Gasteiger partial charge in [-0.15, -0.1) is 0 Å². The van der Waals surface area contributed by atoms with Crippen molar-refractivity contribution in [2.24, 2.45) is 5.92 Å². The minimum absolute atomic E-state index is 0.197. The van der Waals surface area contributed by atoms with Crippen LogP contribution in [0.3, 0.4) is 0 Å². The standard InChI is InChI=1S/C20H20FN3O/c1-2-24(20(25)13-5-6-13)12-14-4-3-9-22-19(14)17-11-23-18-8-7-15(21)10-16(17)18/h3-4,7-11,13,23H,2,5-6,12H2,1H3. The van der Waals surface area contributed by atoms with Crippen molar-refractivity contribution in [1.82, 2.24) is 14.9 Å². The van der Waals surface area contributed by atoms with Crippen LogP contribution in [0.15, 0.2) is 42.7 Å². The highest BCUT2D eigenvalue weighted by Crippen LogP contribution is 2.33. The van der Waals surface area contributed by atoms with Crippen molar-refractivity contribution in [1.29, 1.82) is 0 Å². The number of nitrogens with one attached hydrogen (secondary N) is 1. The molecule has 1 fully saturated rings. The Bertz CT molecular complexity index is 930. The van der Waals surface area contributed by atoms with E-state index in [-0.39, 0.29) is 17.6 Å². The Morgan fingerprint density at radius 3 is 2.96 bits per heavy atom. The number of benzene rings is 1. The van der Waals surface area contributed by atoms with Crippen molar-refractivity contribution in [3.8, 4) is 11.3 Å². The highest BCUT2D eigenvalue weighted by molar-refractivity contribution is 5.95. The molecule has 128 valence electrons. The van der Waals surface area contributed by atoms with Crippen LogP contribution in [0.1, 0.15) is 25.3 Å². The summed E-state index contributed by atoms with van der Waals surface area (Å²) in [6.07, 6.45) is 5.58. The first-order valence-electron chi connectivity index (χ1n) is 8.67. The molecule has 1 aliphatic carbocycles. The third-order valence-corrected chi connectivity index (χ3v) is 4.77. The number of rotatable bonds is 5. The summed E-state index contributed by atoms with van der Waals surface area (Å²) in [5, 5.41) is 0.802. The molecule has 0 bridgehead atoms. The van der Waals surface area contributed by atoms with Crippen molar-refractivity contribution in [2.45, 2.75) is 26.3 Å². The normalized spacial score (nSPS) is 14.0. The van der Waals surface area contributed by atoms with Crippen LogP contribution < -0.4 is 0 Å². The van der Waals surface area contributed by atoms with E-state index in [1.54, 1.807) is 12.3 Å². The minimum atomic E-state index is -0.273. The van der Waals surface area contributed by atoms with Crippen LogP contribution >= 0.6 is 0 Å². The van der Waals surface area contributed by atoms with Gasteiger partial charge >= 0.3 is 0 Å². The van der Waals surface area contributed by atoms with Gasteiger partial charge in [0.1, 0.15) is 5.82 Å². The Balaban J connectivity index is 1.73. The van der Waals surface area contributed by atoms with Gasteiger partial charge in [-0.1, -0.05) is 6.07 Å². The second-order valence-electron chi connectivity index (χ2n) is 6.53. The SMILES string of the molecule is CCN(Cc1cccnc1-c1c[nH]c2ccc(F)cc12)C(=O)C1CC1. The fraction of sp³-hybridized carbons (Fsp3) is 0.300. The number of halogens is 1. The van der Waals surface area contributed by atoms with E-state index in [4.69, 9.17) is 0 Å². The van der Waals surface area contributed by atoms with Gasteiger partial charge in [0.15, 0.2) is 0 Å². The Kier molecular flexibility index (Phi) is 3.99. The van der Waals surface area contributed by atoms with Gasteiger partial charge in [0.25, 0.3) is 0 Å². The van der Waals surface area contributed by atoms with Gasteiger partial charge in [-0.25, -0.2) is 4.39 Å². The third kappa shape index (κ3) is 3.02. The van der Waals surface area contributed by atoms with Gasteiger partial charge < -0.3 is 9.88 Å². The molecule has 2 heterocycles. The Morgan fingerprint density at radius 2 is 2.20 bits per heavy atom. The number of hydrogen-bond donors (Lipinski definition) is 1. The van der Waals surface area contributed by atoms with E-state index in [0.717, 1.165) is 40.6 Å². The van der Waals surface area contributed by atoms with E-state index in [2.05, 4.69) is 9.97 Å². The van der Waals surface area contributed by atoms with Gasteiger partial charge in [0.2, 0.25) is 5.91 Å². The zero-order valence-corrected chi connectivity index (χ0v) is 14.1. The van der Waals surface area contributed by atoms with E-state index in [9.17, 15) is 9.18 Å². The molecule has 2 aromatic heterocycles. The molecule has 0 unspecified atom stereocenters. The molecule has 1 N–H and O–H groups in total. The summed E-state index contributed by atoms with van der Waals surface area (Å²) in [6.45, 7) is 3.20. The van der Waals surface area contributed by atoms with Gasteiger partial charge in [-0.2, -0.15) is 0 Å². The summed E-state index contributed by atoms with van der Waals surface area (Å²) in [5.74, 6) is 0.148. The van der Waals surface area contributed by atoms with Crippen molar-refractivity contribution in [3.63, 3.8) is 0 Å². The lowest BCUT2D eigenvalue weighted by Gasteiger charge is -2.22. The second kappa shape index (κ2) is 6.31. The second-order valence-corrected chi connectivity index (χ2v) is 6.53. The lowest BCUT2D eigenvalue weighted by atomic mass is 10.0. The monoisotopic (exact) mass is 337 g/mol. The number of aromatic amines is 1. The van der Waals surface area contributed by atoms with Crippen LogP contribution in [0.4, 0.5) is 4.39 Å². The van der Waals surface area contributed by atoms with E-state index >= 15 is 0 Å². The Labute approximate surface area is 145 Å². The topological polar surface area (TPSA) is 49.0 Å². The highest BCUT2D eigenvalue weighted by atomic mass is 19.1. The maximum atomic E-state index is 13.7. The molecule has 1 aromatic carbocycles. The van der Waals surface area contributed by atoms with Crippen molar-refractivity contribution >= 4 is 16.8 Å². The van der Waals surface area contributed by atoms with Gasteiger partial charge in [-0.3, -0.25) is 9.78 Å². The molecule has 1 saturated carbocycles. The van der Waals surface area contributed by atoms with Gasteiger partial charge in [0, 0.05) is 47.9 Å². The molecule has 3 aromatic rings. The van der Waals surface area contributed by atoms with Crippen LogP contribution in [0, 0.1) is 11.7 Å². The Hall–Kier alpha value is -2.69. The number of aromatic nitrogens is 2. The van der Waals surface area contributed by atoms with Crippen LogP contribution in [0.2, 0.25) is 0 Å². The van der Waals surface area contributed by atoms with Gasteiger partial charge in [-0.05, 0) is 49.6 Å². The fourth-order valence-corrected chi connectivity index (χ4v) is 3.24. The Morgan fingerprint density at radius 1 is 1.36 bits per heavy atom. The average molecular weight is 337 g/mol. The first kappa shape index (κ1) is 15.8. The molecular formula is C20H20FN3O. The highest BCUT2D eigenvalue weighted by Gasteiger charge is 2.33. The van der Waals surface area contributed by atoms with Gasteiger partial charge in [0.05, 0.1) is 5.69 Å². The first-order chi connectivity index (χ1) is 12.2. The average Bonchev–Trinajstić information content (AvgIpc) is 3.40. The molecule has 1 aliphatic rings. The summed E-state index contributed by atoms with van der Waals surface area (Å²) < 4.78 is 13.7. The number of pyridine rings is 1. The zero-order valence-electron chi connectivity index (χ0n) is 14.1. The maximum absolute atomic E-state index is 13.7.